The van der Waals surface area contributed by atoms with Crippen LogP contribution in [0.5, 0.6) is 0 Å². The second-order valence-corrected chi connectivity index (χ2v) is 5.97. The molecule has 0 heterocycles. The molecule has 4 heteroatoms. The molecule has 0 saturated heterocycles. The van der Waals surface area contributed by atoms with E-state index in [2.05, 4.69) is 31.0 Å². The van der Waals surface area contributed by atoms with Crippen LogP contribution in [0.2, 0.25) is 0 Å². The minimum Gasteiger partial charge on any atom is -0.312 e. The fourth-order valence-corrected chi connectivity index (χ4v) is 2.13. The topological polar surface area (TPSA) is 15.3 Å². The Balaban J connectivity index is 2.98. The number of nitrogens with zero attached hydrogens (tertiary/aromatic N) is 1. The van der Waals surface area contributed by atoms with Gasteiger partial charge in [0.25, 0.3) is 0 Å². The molecule has 0 aliphatic heterocycles. The Hall–Kier alpha value is -1.00. The molecule has 1 N–H and O–H groups in total. The minimum atomic E-state index is -0.778. The lowest BCUT2D eigenvalue weighted by Crippen LogP contribution is -2.56. The third-order valence-electron chi connectivity index (χ3n) is 4.10. The molecule has 0 spiro atoms. The highest BCUT2D eigenvalue weighted by molar-refractivity contribution is 5.21. The monoisotopic (exact) mass is 284 g/mol. The first-order valence-electron chi connectivity index (χ1n) is 7.14. The van der Waals surface area contributed by atoms with Crippen molar-refractivity contribution in [2.75, 3.05) is 20.6 Å². The van der Waals surface area contributed by atoms with Gasteiger partial charge < -0.3 is 10.2 Å². The zero-order valence-corrected chi connectivity index (χ0v) is 13.1. The average molecular weight is 284 g/mol. The molecule has 1 rings (SSSR count). The Morgan fingerprint density at radius 1 is 1.25 bits per heavy atom. The normalized spacial score (nSPS) is 13.8. The van der Waals surface area contributed by atoms with Crippen LogP contribution in [-0.4, -0.2) is 37.1 Å². The van der Waals surface area contributed by atoms with Crippen molar-refractivity contribution in [3.63, 3.8) is 0 Å². The molecule has 0 aliphatic carbocycles. The van der Waals surface area contributed by atoms with Gasteiger partial charge in [-0.25, -0.2) is 8.78 Å². The Bertz CT molecular complexity index is 430. The predicted octanol–water partition coefficient (Wildman–Crippen LogP) is 3.22. The summed E-state index contributed by atoms with van der Waals surface area (Å²) in [4.78, 5) is 2.11. The maximum absolute atomic E-state index is 13.9. The third kappa shape index (κ3) is 4.00. The van der Waals surface area contributed by atoms with E-state index in [0.717, 1.165) is 19.0 Å². The van der Waals surface area contributed by atoms with Crippen molar-refractivity contribution < 1.29 is 8.78 Å². The SMILES string of the molecule is CCCNC(Cc1cccc(F)c1F)C(C)(C)N(C)C. The van der Waals surface area contributed by atoms with E-state index in [1.807, 2.05) is 14.1 Å². The maximum atomic E-state index is 13.9. The summed E-state index contributed by atoms with van der Waals surface area (Å²) in [5, 5.41) is 3.46. The minimum absolute atomic E-state index is 0.0498. The Labute approximate surface area is 121 Å². The van der Waals surface area contributed by atoms with Crippen molar-refractivity contribution in [3.05, 3.63) is 35.4 Å². The van der Waals surface area contributed by atoms with Crippen LogP contribution in [0.3, 0.4) is 0 Å². The standard InChI is InChI=1S/C16H26F2N2/c1-6-10-19-14(16(2,3)20(4)5)11-12-8-7-9-13(17)15(12)18/h7-9,14,19H,6,10-11H2,1-5H3. The number of hydrogen-bond acceptors (Lipinski definition) is 2. The molecule has 0 amide bonds. The lowest BCUT2D eigenvalue weighted by Gasteiger charge is -2.41. The molecule has 2 nitrogen and oxygen atoms in total. The van der Waals surface area contributed by atoms with Crippen molar-refractivity contribution >= 4 is 0 Å². The van der Waals surface area contributed by atoms with Crippen LogP contribution in [0.1, 0.15) is 32.8 Å². The lowest BCUT2D eigenvalue weighted by molar-refractivity contribution is 0.136. The Morgan fingerprint density at radius 3 is 2.45 bits per heavy atom. The van der Waals surface area contributed by atoms with Gasteiger partial charge in [0.2, 0.25) is 0 Å². The summed E-state index contributed by atoms with van der Waals surface area (Å²) in [7, 11) is 4.01. The molecule has 0 saturated carbocycles. The first-order valence-corrected chi connectivity index (χ1v) is 7.14. The van der Waals surface area contributed by atoms with Gasteiger partial charge in [-0.3, -0.25) is 0 Å². The molecular weight excluding hydrogens is 258 g/mol. The molecule has 0 aliphatic rings. The zero-order valence-electron chi connectivity index (χ0n) is 13.1. The van der Waals surface area contributed by atoms with Gasteiger partial charge in [-0.15, -0.1) is 0 Å². The highest BCUT2D eigenvalue weighted by Crippen LogP contribution is 2.22. The van der Waals surface area contributed by atoms with Gasteiger partial charge in [-0.1, -0.05) is 19.1 Å². The van der Waals surface area contributed by atoms with Crippen LogP contribution in [0.25, 0.3) is 0 Å². The highest BCUT2D eigenvalue weighted by Gasteiger charge is 2.32. The van der Waals surface area contributed by atoms with Crippen molar-refractivity contribution in [3.8, 4) is 0 Å². The lowest BCUT2D eigenvalue weighted by atomic mass is 9.87. The number of halogens is 2. The van der Waals surface area contributed by atoms with Crippen LogP contribution in [0.15, 0.2) is 18.2 Å². The van der Waals surface area contributed by atoms with E-state index in [0.29, 0.717) is 12.0 Å². The summed E-state index contributed by atoms with van der Waals surface area (Å²) in [5.41, 5.74) is 0.266. The van der Waals surface area contributed by atoms with E-state index in [1.165, 1.54) is 0 Å². The van der Waals surface area contributed by atoms with E-state index in [4.69, 9.17) is 0 Å². The quantitative estimate of drug-likeness (QED) is 0.827. The summed E-state index contributed by atoms with van der Waals surface area (Å²) < 4.78 is 27.2. The maximum Gasteiger partial charge on any atom is 0.162 e. The predicted molar refractivity (Wildman–Crippen MR) is 79.9 cm³/mol. The van der Waals surface area contributed by atoms with Crippen LogP contribution >= 0.6 is 0 Å². The number of likely N-dealkylation sites (N-methyl/N-ethyl adjacent to an activating group) is 1. The van der Waals surface area contributed by atoms with E-state index in [9.17, 15) is 8.78 Å². The second-order valence-electron chi connectivity index (χ2n) is 5.97. The van der Waals surface area contributed by atoms with E-state index < -0.39 is 11.6 Å². The van der Waals surface area contributed by atoms with Crippen molar-refractivity contribution in [1.29, 1.82) is 0 Å². The van der Waals surface area contributed by atoms with Gasteiger partial charge in [-0.05, 0) is 59.0 Å². The van der Waals surface area contributed by atoms with Gasteiger partial charge in [-0.2, -0.15) is 0 Å². The van der Waals surface area contributed by atoms with Gasteiger partial charge in [0.05, 0.1) is 0 Å². The largest absolute Gasteiger partial charge is 0.312 e. The fourth-order valence-electron chi connectivity index (χ4n) is 2.13. The number of benzene rings is 1. The van der Waals surface area contributed by atoms with Crippen molar-refractivity contribution in [1.82, 2.24) is 10.2 Å². The fraction of sp³-hybridized carbons (Fsp3) is 0.625. The van der Waals surface area contributed by atoms with Crippen LogP contribution in [-0.2, 0) is 6.42 Å². The summed E-state index contributed by atoms with van der Waals surface area (Å²) >= 11 is 0. The molecule has 1 unspecified atom stereocenters. The summed E-state index contributed by atoms with van der Waals surface area (Å²) in [5.74, 6) is -1.51. The highest BCUT2D eigenvalue weighted by atomic mass is 19.2. The van der Waals surface area contributed by atoms with E-state index in [1.54, 1.807) is 12.1 Å². The van der Waals surface area contributed by atoms with Crippen LogP contribution in [0, 0.1) is 11.6 Å². The van der Waals surface area contributed by atoms with Gasteiger partial charge in [0.15, 0.2) is 11.6 Å². The zero-order chi connectivity index (χ0) is 15.3. The molecule has 1 aromatic rings. The molecule has 0 aromatic heterocycles. The first-order chi connectivity index (χ1) is 9.30. The molecule has 0 radical (unpaired) electrons. The molecule has 20 heavy (non-hydrogen) atoms. The van der Waals surface area contributed by atoms with E-state index >= 15 is 0 Å². The smallest absolute Gasteiger partial charge is 0.162 e. The molecule has 0 bridgehead atoms. The number of hydrogen-bond donors (Lipinski definition) is 1. The first kappa shape index (κ1) is 17.1. The Kier molecular flexibility index (Phi) is 6.08. The molecular formula is C16H26F2N2. The van der Waals surface area contributed by atoms with Crippen molar-refractivity contribution in [2.24, 2.45) is 0 Å². The number of rotatable bonds is 7. The molecule has 0 fully saturated rings. The summed E-state index contributed by atoms with van der Waals surface area (Å²) in [6.07, 6.45) is 1.47. The van der Waals surface area contributed by atoms with Crippen LogP contribution < -0.4 is 5.32 Å². The summed E-state index contributed by atoms with van der Waals surface area (Å²) in [6, 6.07) is 4.43. The molecule has 1 aromatic carbocycles. The van der Waals surface area contributed by atoms with Crippen LogP contribution in [0.4, 0.5) is 8.78 Å². The third-order valence-corrected chi connectivity index (χ3v) is 4.10. The van der Waals surface area contributed by atoms with Gasteiger partial charge >= 0.3 is 0 Å². The van der Waals surface area contributed by atoms with Gasteiger partial charge in [0.1, 0.15) is 0 Å². The van der Waals surface area contributed by atoms with Crippen molar-refractivity contribution in [2.45, 2.75) is 45.2 Å². The average Bonchev–Trinajstić information content (AvgIpc) is 2.38. The molecule has 1 atom stereocenters. The molecule has 114 valence electrons. The summed E-state index contributed by atoms with van der Waals surface area (Å²) in [6.45, 7) is 7.17. The Morgan fingerprint density at radius 2 is 1.90 bits per heavy atom. The number of nitrogens with one attached hydrogen (secondary N) is 1. The van der Waals surface area contributed by atoms with Gasteiger partial charge in [0, 0.05) is 11.6 Å². The van der Waals surface area contributed by atoms with E-state index in [-0.39, 0.29) is 11.6 Å². The second kappa shape index (κ2) is 7.14.